The zero-order valence-electron chi connectivity index (χ0n) is 17.9. The van der Waals surface area contributed by atoms with Crippen LogP contribution in [0.5, 0.6) is 5.75 Å². The fraction of sp³-hybridized carbons (Fsp3) is 0.304. The molecular formula is C23H24BrN5O3. The van der Waals surface area contributed by atoms with Gasteiger partial charge in [-0.15, -0.1) is 0 Å². The number of aromatic nitrogens is 4. The van der Waals surface area contributed by atoms with Crippen molar-refractivity contribution >= 4 is 27.8 Å². The molecule has 32 heavy (non-hydrogen) atoms. The van der Waals surface area contributed by atoms with Crippen LogP contribution in [0.2, 0.25) is 0 Å². The topological polar surface area (TPSA) is 91.2 Å². The molecule has 166 valence electrons. The summed E-state index contributed by atoms with van der Waals surface area (Å²) in [4.78, 5) is 13.1. The van der Waals surface area contributed by atoms with Crippen LogP contribution in [0.1, 0.15) is 43.9 Å². The third-order valence-electron chi connectivity index (χ3n) is 5.17. The molecule has 1 aliphatic rings. The number of ether oxygens (including phenoxy) is 2. The van der Waals surface area contributed by atoms with Crippen LogP contribution in [0, 0.1) is 0 Å². The molecule has 0 radical (unpaired) electrons. The summed E-state index contributed by atoms with van der Waals surface area (Å²) in [5.41, 5.74) is 2.89. The average molecular weight is 498 g/mol. The number of halogens is 1. The minimum absolute atomic E-state index is 0.358. The van der Waals surface area contributed by atoms with Gasteiger partial charge >= 0.3 is 5.97 Å². The Balaban J connectivity index is 1.73. The van der Waals surface area contributed by atoms with Crippen LogP contribution in [0.15, 0.2) is 64.3 Å². The van der Waals surface area contributed by atoms with Crippen molar-refractivity contribution in [2.24, 2.45) is 0 Å². The lowest BCUT2D eigenvalue weighted by molar-refractivity contribution is -0.139. The van der Waals surface area contributed by atoms with Crippen LogP contribution < -0.4 is 10.1 Å². The van der Waals surface area contributed by atoms with Crippen molar-refractivity contribution in [1.29, 1.82) is 0 Å². The zero-order valence-corrected chi connectivity index (χ0v) is 19.5. The number of tetrazole rings is 1. The first-order chi connectivity index (χ1) is 15.6. The van der Waals surface area contributed by atoms with Gasteiger partial charge in [0.1, 0.15) is 18.4 Å². The van der Waals surface area contributed by atoms with Gasteiger partial charge in [0.15, 0.2) is 0 Å². The van der Waals surface area contributed by atoms with E-state index in [-0.39, 0.29) is 0 Å². The molecule has 0 bridgehead atoms. The summed E-state index contributed by atoms with van der Waals surface area (Å²) in [5, 5.41) is 15.1. The quantitative estimate of drug-likeness (QED) is 0.357. The minimum Gasteiger partial charge on any atom is -0.489 e. The van der Waals surface area contributed by atoms with Gasteiger partial charge in [0.25, 0.3) is 0 Å². The molecule has 4 rings (SSSR count). The number of fused-ring (bicyclic) bond motifs is 1. The molecular weight excluding hydrogens is 474 g/mol. The third-order valence-corrected chi connectivity index (χ3v) is 5.66. The molecule has 1 aliphatic heterocycles. The molecule has 0 saturated carbocycles. The summed E-state index contributed by atoms with van der Waals surface area (Å²) < 4.78 is 14.2. The molecule has 0 saturated heterocycles. The highest BCUT2D eigenvalue weighted by Gasteiger charge is 2.36. The van der Waals surface area contributed by atoms with Crippen LogP contribution >= 0.6 is 15.9 Å². The summed E-state index contributed by atoms with van der Waals surface area (Å²) >= 11 is 3.55. The second kappa shape index (κ2) is 9.95. The maximum atomic E-state index is 13.1. The molecule has 0 spiro atoms. The van der Waals surface area contributed by atoms with E-state index >= 15 is 0 Å². The number of benzene rings is 2. The van der Waals surface area contributed by atoms with E-state index in [2.05, 4.69) is 43.7 Å². The van der Waals surface area contributed by atoms with Gasteiger partial charge in [0.2, 0.25) is 5.95 Å². The monoisotopic (exact) mass is 497 g/mol. The fourth-order valence-corrected chi connectivity index (χ4v) is 3.93. The van der Waals surface area contributed by atoms with Gasteiger partial charge in [-0.25, -0.2) is 4.79 Å². The second-order valence-electron chi connectivity index (χ2n) is 7.46. The van der Waals surface area contributed by atoms with Crippen molar-refractivity contribution in [3.05, 3.63) is 75.4 Å². The van der Waals surface area contributed by atoms with Gasteiger partial charge in [0, 0.05) is 15.7 Å². The van der Waals surface area contributed by atoms with Crippen LogP contribution in [-0.4, -0.2) is 32.8 Å². The molecule has 0 amide bonds. The maximum absolute atomic E-state index is 13.1. The number of anilines is 1. The van der Waals surface area contributed by atoms with E-state index in [0.29, 0.717) is 36.2 Å². The van der Waals surface area contributed by atoms with Crippen LogP contribution in [0.4, 0.5) is 5.95 Å². The number of allylic oxidation sites excluding steroid dienone is 1. The molecule has 9 heteroatoms. The van der Waals surface area contributed by atoms with E-state index in [9.17, 15) is 4.79 Å². The molecule has 0 aliphatic carbocycles. The lowest BCUT2D eigenvalue weighted by Gasteiger charge is -2.28. The number of rotatable bonds is 8. The predicted molar refractivity (Wildman–Crippen MR) is 123 cm³/mol. The largest absolute Gasteiger partial charge is 0.489 e. The number of carbonyl (C=O) groups excluding carboxylic acids is 1. The number of hydrogen-bond acceptors (Lipinski definition) is 7. The summed E-state index contributed by atoms with van der Waals surface area (Å²) in [6.07, 6.45) is 1.74. The molecule has 1 N–H and O–H groups in total. The van der Waals surface area contributed by atoms with E-state index < -0.39 is 12.0 Å². The van der Waals surface area contributed by atoms with Gasteiger partial charge in [0.05, 0.1) is 12.2 Å². The van der Waals surface area contributed by atoms with E-state index in [0.717, 1.165) is 28.4 Å². The average Bonchev–Trinajstić information content (AvgIpc) is 3.26. The van der Waals surface area contributed by atoms with E-state index in [1.165, 1.54) is 0 Å². The van der Waals surface area contributed by atoms with E-state index in [4.69, 9.17) is 9.47 Å². The Hall–Kier alpha value is -3.20. The van der Waals surface area contributed by atoms with Crippen LogP contribution in [-0.2, 0) is 16.1 Å². The first kappa shape index (κ1) is 22.0. The Morgan fingerprint density at radius 3 is 2.81 bits per heavy atom. The Bertz CT molecular complexity index is 1130. The molecule has 8 nitrogen and oxygen atoms in total. The van der Waals surface area contributed by atoms with Crippen molar-refractivity contribution < 1.29 is 14.3 Å². The van der Waals surface area contributed by atoms with Crippen LogP contribution in [0.25, 0.3) is 0 Å². The molecule has 3 aromatic rings. The van der Waals surface area contributed by atoms with Gasteiger partial charge < -0.3 is 14.8 Å². The van der Waals surface area contributed by atoms with Gasteiger partial charge in [-0.1, -0.05) is 64.7 Å². The lowest BCUT2D eigenvalue weighted by atomic mass is 9.95. The van der Waals surface area contributed by atoms with Gasteiger partial charge in [-0.2, -0.15) is 4.68 Å². The first-order valence-corrected chi connectivity index (χ1v) is 11.3. The van der Waals surface area contributed by atoms with Crippen molar-refractivity contribution in [2.75, 3.05) is 11.9 Å². The number of nitrogens with zero attached hydrogens (tertiary/aromatic N) is 4. The number of hydrogen-bond donors (Lipinski definition) is 1. The Kier molecular flexibility index (Phi) is 6.84. The highest BCUT2D eigenvalue weighted by atomic mass is 79.9. The van der Waals surface area contributed by atoms with Gasteiger partial charge in [-0.3, -0.25) is 0 Å². The fourth-order valence-electron chi connectivity index (χ4n) is 3.55. The van der Waals surface area contributed by atoms with Crippen molar-refractivity contribution in [2.45, 2.75) is 39.3 Å². The molecule has 1 aromatic heterocycles. The standard InChI is InChI=1S/C23H24BrN5O3/c1-3-4-12-31-22(30)20-15(2)25-23-26-27-28-29(23)21(20)18-13-17(24)10-11-19(18)32-14-16-8-6-5-7-9-16/h5-11,13,21H,3-4,12,14H2,1-2H3,(H,25,26,28). The van der Waals surface area contributed by atoms with Crippen LogP contribution in [0.3, 0.4) is 0 Å². The SMILES string of the molecule is CCCCOC(=O)C1=C(C)Nc2nnnn2C1c1cc(Br)ccc1OCc1ccccc1. The van der Waals surface area contributed by atoms with E-state index in [1.807, 2.05) is 55.5 Å². The summed E-state index contributed by atoms with van der Waals surface area (Å²) in [7, 11) is 0. The Morgan fingerprint density at radius 2 is 2.03 bits per heavy atom. The van der Waals surface area contributed by atoms with Crippen molar-refractivity contribution in [3.8, 4) is 5.75 Å². The Morgan fingerprint density at radius 1 is 1.22 bits per heavy atom. The molecule has 1 unspecified atom stereocenters. The first-order valence-electron chi connectivity index (χ1n) is 10.5. The highest BCUT2D eigenvalue weighted by Crippen LogP contribution is 2.40. The molecule has 2 aromatic carbocycles. The Labute approximate surface area is 194 Å². The lowest BCUT2D eigenvalue weighted by Crippen LogP contribution is -2.30. The van der Waals surface area contributed by atoms with Crippen molar-refractivity contribution in [3.63, 3.8) is 0 Å². The van der Waals surface area contributed by atoms with E-state index in [1.54, 1.807) is 4.68 Å². The number of nitrogens with one attached hydrogen (secondary N) is 1. The zero-order chi connectivity index (χ0) is 22.5. The van der Waals surface area contributed by atoms with Crippen molar-refractivity contribution in [1.82, 2.24) is 20.2 Å². The maximum Gasteiger partial charge on any atom is 0.338 e. The predicted octanol–water partition coefficient (Wildman–Crippen LogP) is 4.65. The second-order valence-corrected chi connectivity index (χ2v) is 8.37. The molecule has 2 heterocycles. The molecule has 0 fully saturated rings. The normalized spacial score (nSPS) is 15.2. The number of carbonyl (C=O) groups is 1. The number of esters is 1. The minimum atomic E-state index is -0.598. The summed E-state index contributed by atoms with van der Waals surface area (Å²) in [6.45, 7) is 4.62. The number of unbranched alkanes of at least 4 members (excludes halogenated alkanes) is 1. The third kappa shape index (κ3) is 4.67. The highest BCUT2D eigenvalue weighted by molar-refractivity contribution is 9.10. The molecule has 1 atom stereocenters. The van der Waals surface area contributed by atoms with Gasteiger partial charge in [-0.05, 0) is 47.5 Å². The summed E-state index contributed by atoms with van der Waals surface area (Å²) in [5.74, 6) is 0.687. The summed E-state index contributed by atoms with van der Waals surface area (Å²) in [6, 6.07) is 15.0. The smallest absolute Gasteiger partial charge is 0.338 e.